The van der Waals surface area contributed by atoms with Crippen molar-refractivity contribution in [1.82, 2.24) is 20.7 Å². The first-order valence-electron chi connectivity index (χ1n) is 6.91. The van der Waals surface area contributed by atoms with Gasteiger partial charge in [-0.3, -0.25) is 4.79 Å². The largest absolute Gasteiger partial charge is 0.426 e. The number of aromatic nitrogens is 3. The molecular weight excluding hydrogens is 316 g/mol. The van der Waals surface area contributed by atoms with E-state index in [0.29, 0.717) is 18.0 Å². The third kappa shape index (κ3) is 4.36. The molecule has 23 heavy (non-hydrogen) atoms. The van der Waals surface area contributed by atoms with Crippen molar-refractivity contribution >= 4 is 17.7 Å². The molecule has 0 aliphatic heterocycles. The minimum absolute atomic E-state index is 0.211. The second-order valence-electron chi connectivity index (χ2n) is 4.45. The Morgan fingerprint density at radius 2 is 2.13 bits per heavy atom. The molecule has 1 aromatic carbocycles. The van der Waals surface area contributed by atoms with Crippen LogP contribution in [-0.4, -0.2) is 33.6 Å². The maximum absolute atomic E-state index is 12.0. The van der Waals surface area contributed by atoms with E-state index in [1.54, 1.807) is 18.3 Å². The summed E-state index contributed by atoms with van der Waals surface area (Å²) < 4.78 is 10.9. The number of thioether (sulfide) groups is 1. The summed E-state index contributed by atoms with van der Waals surface area (Å²) in [7, 11) is 0. The van der Waals surface area contributed by atoms with Gasteiger partial charge in [0.2, 0.25) is 0 Å². The zero-order chi connectivity index (χ0) is 15.9. The van der Waals surface area contributed by atoms with Gasteiger partial charge in [-0.1, -0.05) is 18.2 Å². The van der Waals surface area contributed by atoms with Crippen molar-refractivity contribution in [3.8, 4) is 11.7 Å². The summed E-state index contributed by atoms with van der Waals surface area (Å²) in [6.45, 7) is 0.492. The molecule has 0 saturated carbocycles. The number of carbonyl (C=O) groups excluding carboxylic acids is 1. The highest BCUT2D eigenvalue weighted by atomic mass is 32.2. The van der Waals surface area contributed by atoms with Crippen LogP contribution in [-0.2, 0) is 0 Å². The molecule has 0 radical (unpaired) electrons. The zero-order valence-corrected chi connectivity index (χ0v) is 12.9. The lowest BCUT2D eigenvalue weighted by molar-refractivity contribution is 0.0923. The smallest absolute Gasteiger partial charge is 0.290 e. The first-order valence-corrected chi connectivity index (χ1v) is 7.89. The van der Waals surface area contributed by atoms with Crippen LogP contribution in [0.3, 0.4) is 0 Å². The topological polar surface area (TPSA) is 93.0 Å². The van der Waals surface area contributed by atoms with Gasteiger partial charge in [0.05, 0.1) is 6.20 Å². The normalized spacial score (nSPS) is 10.4. The lowest BCUT2D eigenvalue weighted by Crippen LogP contribution is -2.25. The summed E-state index contributed by atoms with van der Waals surface area (Å²) in [5.41, 5.74) is 0. The third-order valence-electron chi connectivity index (χ3n) is 2.80. The lowest BCUT2D eigenvalue weighted by atomic mass is 10.3. The molecular formula is C15H14N4O3S. The molecule has 0 spiro atoms. The first-order chi connectivity index (χ1) is 11.3. The fourth-order valence-corrected chi connectivity index (χ4v) is 2.42. The van der Waals surface area contributed by atoms with Crippen LogP contribution in [0.4, 0.5) is 0 Å². The van der Waals surface area contributed by atoms with E-state index in [0.717, 1.165) is 5.03 Å². The van der Waals surface area contributed by atoms with Gasteiger partial charge in [0.15, 0.2) is 5.76 Å². The molecule has 0 atom stereocenters. The van der Waals surface area contributed by atoms with Crippen molar-refractivity contribution in [1.29, 1.82) is 0 Å². The summed E-state index contributed by atoms with van der Waals surface area (Å²) in [6.07, 6.45) is 1.63. The van der Waals surface area contributed by atoms with Gasteiger partial charge in [-0.25, -0.2) is 0 Å². The Morgan fingerprint density at radius 3 is 2.91 bits per heavy atom. The molecule has 2 N–H and O–H groups in total. The summed E-state index contributed by atoms with van der Waals surface area (Å²) in [6, 6.07) is 12.4. The number of benzene rings is 1. The minimum Gasteiger partial charge on any atom is -0.426 e. The Hall–Kier alpha value is -2.74. The van der Waals surface area contributed by atoms with Gasteiger partial charge in [0.1, 0.15) is 10.8 Å². The molecule has 0 aliphatic carbocycles. The molecule has 0 fully saturated rings. The highest BCUT2D eigenvalue weighted by Crippen LogP contribution is 2.23. The number of H-pyrrole nitrogens is 1. The van der Waals surface area contributed by atoms with E-state index in [9.17, 15) is 4.79 Å². The number of hydrogen-bond donors (Lipinski definition) is 2. The summed E-state index contributed by atoms with van der Waals surface area (Å²) in [5.74, 6) is 1.54. The number of nitrogens with zero attached hydrogens (tertiary/aromatic N) is 2. The van der Waals surface area contributed by atoms with Crippen molar-refractivity contribution < 1.29 is 13.9 Å². The van der Waals surface area contributed by atoms with Crippen LogP contribution in [0.5, 0.6) is 11.7 Å². The van der Waals surface area contributed by atoms with Gasteiger partial charge in [0, 0.05) is 18.4 Å². The standard InChI is InChI=1S/C15H14N4O3S/c20-15(16-8-9-23-13-10-17-19-18-13)12-6-7-14(22-12)21-11-4-2-1-3-5-11/h1-7,10H,8-9H2,(H,16,20)(H,17,18,19). The van der Waals surface area contributed by atoms with Crippen molar-refractivity contribution in [3.05, 3.63) is 54.4 Å². The second kappa shape index (κ2) is 7.50. The minimum atomic E-state index is -0.284. The molecule has 1 amide bonds. The summed E-state index contributed by atoms with van der Waals surface area (Å²) in [5, 5.41) is 13.7. The monoisotopic (exact) mass is 330 g/mol. The van der Waals surface area contributed by atoms with Crippen LogP contribution in [0.2, 0.25) is 0 Å². The van der Waals surface area contributed by atoms with Gasteiger partial charge >= 0.3 is 0 Å². The number of aromatic amines is 1. The van der Waals surface area contributed by atoms with Gasteiger partial charge in [-0.05, 0) is 18.2 Å². The third-order valence-corrected chi connectivity index (χ3v) is 3.70. The molecule has 3 aromatic rings. The van der Waals surface area contributed by atoms with Crippen molar-refractivity contribution in [2.24, 2.45) is 0 Å². The molecule has 0 bridgehead atoms. The molecule has 8 heteroatoms. The zero-order valence-electron chi connectivity index (χ0n) is 12.1. The van der Waals surface area contributed by atoms with E-state index in [2.05, 4.69) is 20.7 Å². The predicted octanol–water partition coefficient (Wildman–Crippen LogP) is 2.71. The van der Waals surface area contributed by atoms with Crippen molar-refractivity contribution in [2.45, 2.75) is 5.03 Å². The maximum Gasteiger partial charge on any atom is 0.290 e. The van der Waals surface area contributed by atoms with Crippen LogP contribution in [0.1, 0.15) is 10.6 Å². The van der Waals surface area contributed by atoms with Crippen LogP contribution in [0.25, 0.3) is 0 Å². The maximum atomic E-state index is 12.0. The fraction of sp³-hybridized carbons (Fsp3) is 0.133. The van der Waals surface area contributed by atoms with Gasteiger partial charge in [-0.2, -0.15) is 10.3 Å². The van der Waals surface area contributed by atoms with E-state index >= 15 is 0 Å². The van der Waals surface area contributed by atoms with Crippen molar-refractivity contribution in [2.75, 3.05) is 12.3 Å². The van der Waals surface area contributed by atoms with Crippen LogP contribution < -0.4 is 10.1 Å². The van der Waals surface area contributed by atoms with Crippen molar-refractivity contribution in [3.63, 3.8) is 0 Å². The Labute approximate surface area is 136 Å². The molecule has 7 nitrogen and oxygen atoms in total. The number of furan rings is 1. The number of nitrogens with one attached hydrogen (secondary N) is 2. The SMILES string of the molecule is O=C(NCCSc1cn[nH]n1)c1ccc(Oc2ccccc2)o1. The highest BCUT2D eigenvalue weighted by Gasteiger charge is 2.12. The molecule has 2 heterocycles. The van der Waals surface area contributed by atoms with Crippen LogP contribution in [0, 0.1) is 0 Å². The predicted molar refractivity (Wildman–Crippen MR) is 84.7 cm³/mol. The average Bonchev–Trinajstić information content (AvgIpc) is 3.24. The molecule has 118 valence electrons. The Balaban J connectivity index is 1.46. The second-order valence-corrected chi connectivity index (χ2v) is 5.56. The molecule has 0 unspecified atom stereocenters. The summed E-state index contributed by atoms with van der Waals surface area (Å²) in [4.78, 5) is 12.0. The quantitative estimate of drug-likeness (QED) is 0.511. The number of rotatable bonds is 7. The van der Waals surface area contributed by atoms with E-state index in [1.165, 1.54) is 11.8 Å². The van der Waals surface area contributed by atoms with E-state index < -0.39 is 0 Å². The number of carbonyl (C=O) groups is 1. The molecule has 0 aliphatic rings. The molecule has 2 aromatic heterocycles. The number of para-hydroxylation sites is 1. The molecule has 3 rings (SSSR count). The summed E-state index contributed by atoms with van der Waals surface area (Å²) >= 11 is 1.50. The van der Waals surface area contributed by atoms with Gasteiger partial charge in [0.25, 0.3) is 11.9 Å². The lowest BCUT2D eigenvalue weighted by Gasteiger charge is -2.02. The van der Waals surface area contributed by atoms with Gasteiger partial charge in [-0.15, -0.1) is 16.9 Å². The van der Waals surface area contributed by atoms with E-state index in [1.807, 2.05) is 30.3 Å². The van der Waals surface area contributed by atoms with Crippen LogP contribution in [0.15, 0.2) is 58.1 Å². The Bertz CT molecular complexity index is 743. The molecule has 0 saturated heterocycles. The number of amides is 1. The Kier molecular flexibility index (Phi) is 4.95. The van der Waals surface area contributed by atoms with Gasteiger partial charge < -0.3 is 14.5 Å². The van der Waals surface area contributed by atoms with E-state index in [4.69, 9.17) is 9.15 Å². The Morgan fingerprint density at radius 1 is 1.26 bits per heavy atom. The number of hydrogen-bond acceptors (Lipinski definition) is 6. The fourth-order valence-electron chi connectivity index (χ4n) is 1.77. The average molecular weight is 330 g/mol. The highest BCUT2D eigenvalue weighted by molar-refractivity contribution is 7.99. The first kappa shape index (κ1) is 15.2. The van der Waals surface area contributed by atoms with E-state index in [-0.39, 0.29) is 17.6 Å². The number of ether oxygens (including phenoxy) is 1. The van der Waals surface area contributed by atoms with Crippen LogP contribution >= 0.6 is 11.8 Å².